The van der Waals surface area contributed by atoms with Crippen LogP contribution >= 0.6 is 11.6 Å². The van der Waals surface area contributed by atoms with Crippen molar-refractivity contribution in [3.8, 4) is 12.3 Å². The van der Waals surface area contributed by atoms with Crippen LogP contribution in [-0.2, 0) is 6.42 Å². The predicted molar refractivity (Wildman–Crippen MR) is 53.3 cm³/mol. The second kappa shape index (κ2) is 4.18. The highest BCUT2D eigenvalue weighted by molar-refractivity contribution is 6.31. The Morgan fingerprint density at radius 2 is 2.25 bits per heavy atom. The molecule has 0 atom stereocenters. The molecule has 0 unspecified atom stereocenters. The van der Waals surface area contributed by atoms with Gasteiger partial charge in [-0.2, -0.15) is 0 Å². The third-order valence-electron chi connectivity index (χ3n) is 1.78. The molecule has 1 aromatic rings. The van der Waals surface area contributed by atoms with Crippen LogP contribution in [0.1, 0.15) is 17.5 Å². The van der Waals surface area contributed by atoms with Crippen molar-refractivity contribution in [2.24, 2.45) is 0 Å². The molecule has 0 aliphatic heterocycles. The molecule has 1 rings (SSSR count). The predicted octanol–water partition coefficient (Wildman–Crippen LogP) is 3.21. The fourth-order valence-corrected chi connectivity index (χ4v) is 1.20. The zero-order valence-electron chi connectivity index (χ0n) is 7.10. The van der Waals surface area contributed by atoms with Crippen LogP contribution in [0.15, 0.2) is 18.2 Å². The topological polar surface area (TPSA) is 0 Å². The molecule has 1 aromatic carbocycles. The number of benzene rings is 1. The van der Waals surface area contributed by atoms with E-state index in [9.17, 15) is 0 Å². The summed E-state index contributed by atoms with van der Waals surface area (Å²) in [6.07, 6.45) is 6.90. The molecular formula is C11H11Cl. The van der Waals surface area contributed by atoms with Gasteiger partial charge < -0.3 is 0 Å². The number of rotatable bonds is 2. The van der Waals surface area contributed by atoms with Gasteiger partial charge in [-0.15, -0.1) is 12.3 Å². The number of halogens is 1. The Morgan fingerprint density at radius 3 is 2.83 bits per heavy atom. The first kappa shape index (κ1) is 9.16. The third kappa shape index (κ3) is 2.29. The molecule has 0 N–H and O–H groups in total. The van der Waals surface area contributed by atoms with Gasteiger partial charge in [0.25, 0.3) is 0 Å². The maximum Gasteiger partial charge on any atom is 0.0435 e. The first-order chi connectivity index (χ1) is 5.74. The second-order valence-electron chi connectivity index (χ2n) is 2.79. The highest BCUT2D eigenvalue weighted by Crippen LogP contribution is 2.16. The van der Waals surface area contributed by atoms with Crippen molar-refractivity contribution in [1.82, 2.24) is 0 Å². The molecular weight excluding hydrogens is 168 g/mol. The van der Waals surface area contributed by atoms with Crippen molar-refractivity contribution in [2.75, 3.05) is 0 Å². The molecule has 62 valence electrons. The molecule has 0 amide bonds. The van der Waals surface area contributed by atoms with Gasteiger partial charge in [0, 0.05) is 11.4 Å². The quantitative estimate of drug-likeness (QED) is 0.611. The van der Waals surface area contributed by atoms with Gasteiger partial charge in [0.1, 0.15) is 0 Å². The Labute approximate surface area is 78.6 Å². The van der Waals surface area contributed by atoms with Crippen LogP contribution < -0.4 is 0 Å². The minimum atomic E-state index is 0.793. The molecule has 0 spiro atoms. The number of hydrogen-bond donors (Lipinski definition) is 0. The number of aryl methyl sites for hydroxylation is 2. The maximum absolute atomic E-state index is 5.87. The summed E-state index contributed by atoms with van der Waals surface area (Å²) in [5.74, 6) is 2.62. The molecule has 0 nitrogen and oxygen atoms in total. The monoisotopic (exact) mass is 178 g/mol. The van der Waals surface area contributed by atoms with Gasteiger partial charge in [-0.25, -0.2) is 0 Å². The van der Waals surface area contributed by atoms with E-state index in [-0.39, 0.29) is 0 Å². The van der Waals surface area contributed by atoms with E-state index in [0.29, 0.717) is 0 Å². The summed E-state index contributed by atoms with van der Waals surface area (Å²) in [7, 11) is 0. The van der Waals surface area contributed by atoms with Gasteiger partial charge in [-0.3, -0.25) is 0 Å². The molecule has 0 heterocycles. The minimum absolute atomic E-state index is 0.793. The summed E-state index contributed by atoms with van der Waals surface area (Å²) in [6, 6.07) is 6.02. The van der Waals surface area contributed by atoms with Crippen LogP contribution in [0.5, 0.6) is 0 Å². The van der Waals surface area contributed by atoms with Crippen molar-refractivity contribution in [1.29, 1.82) is 0 Å². The number of hydrogen-bond acceptors (Lipinski definition) is 0. The molecule has 0 fully saturated rings. The summed E-state index contributed by atoms with van der Waals surface area (Å²) >= 11 is 5.87. The summed E-state index contributed by atoms with van der Waals surface area (Å²) < 4.78 is 0. The summed E-state index contributed by atoms with van der Waals surface area (Å²) in [6.45, 7) is 2.00. The van der Waals surface area contributed by atoms with Crippen molar-refractivity contribution < 1.29 is 0 Å². The second-order valence-corrected chi connectivity index (χ2v) is 3.19. The van der Waals surface area contributed by atoms with Crippen LogP contribution in [-0.4, -0.2) is 0 Å². The lowest BCUT2D eigenvalue weighted by molar-refractivity contribution is 1.03. The lowest BCUT2D eigenvalue weighted by atomic mass is 10.1. The molecule has 0 saturated carbocycles. The zero-order valence-corrected chi connectivity index (χ0v) is 7.86. The van der Waals surface area contributed by atoms with E-state index >= 15 is 0 Å². The zero-order chi connectivity index (χ0) is 8.97. The van der Waals surface area contributed by atoms with E-state index in [1.54, 1.807) is 0 Å². The highest BCUT2D eigenvalue weighted by atomic mass is 35.5. The first-order valence-electron chi connectivity index (χ1n) is 3.92. The number of terminal acetylenes is 1. The van der Waals surface area contributed by atoms with E-state index in [1.807, 2.05) is 19.1 Å². The average Bonchev–Trinajstić information content (AvgIpc) is 2.07. The highest BCUT2D eigenvalue weighted by Gasteiger charge is 1.96. The molecule has 0 aliphatic rings. The molecule has 0 aromatic heterocycles. The maximum atomic E-state index is 5.87. The molecule has 0 aliphatic carbocycles. The van der Waals surface area contributed by atoms with Crippen molar-refractivity contribution in [3.05, 3.63) is 34.3 Å². The summed E-state index contributed by atoms with van der Waals surface area (Å²) in [5.41, 5.74) is 2.38. The van der Waals surface area contributed by atoms with Crippen molar-refractivity contribution in [2.45, 2.75) is 19.8 Å². The first-order valence-corrected chi connectivity index (χ1v) is 4.30. The standard InChI is InChI=1S/C11H11Cl/c1-3-4-5-10-6-7-11(12)9(2)8-10/h1,6-8H,4-5H2,2H3. The fraction of sp³-hybridized carbons (Fsp3) is 0.273. The normalized spacial score (nSPS) is 9.42. The van der Waals surface area contributed by atoms with Crippen LogP contribution in [0, 0.1) is 19.3 Å². The largest absolute Gasteiger partial charge is 0.120 e. The van der Waals surface area contributed by atoms with Gasteiger partial charge in [0.05, 0.1) is 0 Å². The SMILES string of the molecule is C#CCCc1ccc(Cl)c(C)c1. The van der Waals surface area contributed by atoms with Crippen molar-refractivity contribution in [3.63, 3.8) is 0 Å². The Morgan fingerprint density at radius 1 is 1.50 bits per heavy atom. The van der Waals surface area contributed by atoms with Gasteiger partial charge in [0.2, 0.25) is 0 Å². The Balaban J connectivity index is 2.77. The molecule has 0 bridgehead atoms. The van der Waals surface area contributed by atoms with E-state index < -0.39 is 0 Å². The van der Waals surface area contributed by atoms with Crippen LogP contribution in [0.2, 0.25) is 5.02 Å². The van der Waals surface area contributed by atoms with Gasteiger partial charge >= 0.3 is 0 Å². The summed E-state index contributed by atoms with van der Waals surface area (Å²) in [5, 5.41) is 0.819. The van der Waals surface area contributed by atoms with Gasteiger partial charge in [-0.1, -0.05) is 23.7 Å². The van der Waals surface area contributed by atoms with Crippen molar-refractivity contribution >= 4 is 11.6 Å². The molecule has 1 heteroatoms. The van der Waals surface area contributed by atoms with E-state index in [1.165, 1.54) is 5.56 Å². The average molecular weight is 179 g/mol. The van der Waals surface area contributed by atoms with Crippen LogP contribution in [0.4, 0.5) is 0 Å². The summed E-state index contributed by atoms with van der Waals surface area (Å²) in [4.78, 5) is 0. The Hall–Kier alpha value is -0.930. The Bertz CT molecular complexity index is 307. The lowest BCUT2D eigenvalue weighted by Crippen LogP contribution is -1.85. The van der Waals surface area contributed by atoms with Gasteiger partial charge in [0.15, 0.2) is 0 Å². The molecule has 0 saturated heterocycles. The molecule has 0 radical (unpaired) electrons. The fourth-order valence-electron chi connectivity index (χ4n) is 1.08. The van der Waals surface area contributed by atoms with E-state index in [0.717, 1.165) is 23.4 Å². The van der Waals surface area contributed by atoms with E-state index in [4.69, 9.17) is 18.0 Å². The van der Waals surface area contributed by atoms with Crippen LogP contribution in [0.3, 0.4) is 0 Å². The van der Waals surface area contributed by atoms with E-state index in [2.05, 4.69) is 12.0 Å². The minimum Gasteiger partial charge on any atom is -0.120 e. The van der Waals surface area contributed by atoms with Crippen LogP contribution in [0.25, 0.3) is 0 Å². The molecule has 12 heavy (non-hydrogen) atoms. The Kier molecular flexibility index (Phi) is 3.19. The third-order valence-corrected chi connectivity index (χ3v) is 2.20. The smallest absolute Gasteiger partial charge is 0.0435 e. The lowest BCUT2D eigenvalue weighted by Gasteiger charge is -2.01. The van der Waals surface area contributed by atoms with Gasteiger partial charge in [-0.05, 0) is 30.5 Å².